The van der Waals surface area contributed by atoms with Crippen LogP contribution < -0.4 is 5.73 Å². The first-order valence-corrected chi connectivity index (χ1v) is 5.37. The fourth-order valence-corrected chi connectivity index (χ4v) is 1.81. The van der Waals surface area contributed by atoms with Crippen LogP contribution in [0.15, 0.2) is 11.8 Å². The quantitative estimate of drug-likeness (QED) is 0.737. The molecule has 1 unspecified atom stereocenters. The zero-order valence-electron chi connectivity index (χ0n) is 8.37. The van der Waals surface area contributed by atoms with E-state index in [4.69, 9.17) is 10.5 Å². The van der Waals surface area contributed by atoms with Gasteiger partial charge in [0.25, 0.3) is 0 Å². The Labute approximate surface area is 84.3 Å². The molecule has 2 aliphatic rings. The van der Waals surface area contributed by atoms with Crippen LogP contribution >= 0.6 is 0 Å². The van der Waals surface area contributed by atoms with Crippen molar-refractivity contribution in [1.29, 1.82) is 0 Å². The summed E-state index contributed by atoms with van der Waals surface area (Å²) in [5, 5.41) is 0. The number of rotatable bonds is 4. The van der Waals surface area contributed by atoms with Crippen LogP contribution in [0.1, 0.15) is 32.1 Å². The van der Waals surface area contributed by atoms with Crippen LogP contribution in [-0.4, -0.2) is 18.4 Å². The normalized spacial score (nSPS) is 23.6. The molecule has 2 rings (SSSR count). The van der Waals surface area contributed by atoms with Gasteiger partial charge < -0.3 is 10.5 Å². The predicted molar refractivity (Wildman–Crippen MR) is 53.6 cm³/mol. The third-order valence-corrected chi connectivity index (χ3v) is 2.94. The smallest absolute Gasteiger partial charge is 0.163 e. The Kier molecular flexibility index (Phi) is 2.87. The second-order valence-corrected chi connectivity index (χ2v) is 4.25. The average Bonchev–Trinajstić information content (AvgIpc) is 3.02. The number of Topliss-reactive ketones (excluding diaryl/α,β-unsaturated/α-hetero) is 1. The molecule has 0 saturated heterocycles. The van der Waals surface area contributed by atoms with Crippen LogP contribution in [0.5, 0.6) is 0 Å². The van der Waals surface area contributed by atoms with E-state index in [1.807, 2.05) is 0 Å². The molecule has 0 aromatic rings. The van der Waals surface area contributed by atoms with E-state index in [1.54, 1.807) is 6.26 Å². The first kappa shape index (κ1) is 9.71. The number of carbonyl (C=O) groups excluding carboxylic acids is 1. The molecule has 1 heterocycles. The van der Waals surface area contributed by atoms with E-state index in [2.05, 4.69) is 0 Å². The van der Waals surface area contributed by atoms with Crippen molar-refractivity contribution in [2.24, 2.45) is 11.7 Å². The van der Waals surface area contributed by atoms with Gasteiger partial charge in [-0.25, -0.2) is 0 Å². The molecule has 1 saturated carbocycles. The molecule has 3 nitrogen and oxygen atoms in total. The molecule has 0 aromatic heterocycles. The Balaban J connectivity index is 1.84. The Morgan fingerprint density at radius 1 is 1.64 bits per heavy atom. The van der Waals surface area contributed by atoms with Crippen molar-refractivity contribution in [3.8, 4) is 0 Å². The minimum absolute atomic E-state index is 0.0744. The second-order valence-electron chi connectivity index (χ2n) is 4.25. The highest BCUT2D eigenvalue weighted by atomic mass is 16.5. The molecule has 0 aromatic carbocycles. The van der Waals surface area contributed by atoms with Gasteiger partial charge in [-0.3, -0.25) is 4.79 Å². The van der Waals surface area contributed by atoms with E-state index >= 15 is 0 Å². The van der Waals surface area contributed by atoms with Crippen molar-refractivity contribution >= 4 is 5.78 Å². The van der Waals surface area contributed by atoms with Crippen LogP contribution in [0, 0.1) is 5.92 Å². The molecular weight excluding hydrogens is 178 g/mol. The van der Waals surface area contributed by atoms with Gasteiger partial charge in [-0.15, -0.1) is 0 Å². The number of hydrogen-bond acceptors (Lipinski definition) is 3. The summed E-state index contributed by atoms with van der Waals surface area (Å²) in [6.45, 7) is 0.742. The SMILES string of the molecule is NC(CC(=O)C1=COCCC1)C1CC1. The minimum Gasteiger partial charge on any atom is -0.501 e. The van der Waals surface area contributed by atoms with E-state index < -0.39 is 0 Å². The Morgan fingerprint density at radius 3 is 3.00 bits per heavy atom. The predicted octanol–water partition coefficient (Wildman–Crippen LogP) is 1.38. The summed E-state index contributed by atoms with van der Waals surface area (Å²) in [5.41, 5.74) is 6.72. The van der Waals surface area contributed by atoms with Gasteiger partial charge in [0.2, 0.25) is 0 Å². The van der Waals surface area contributed by atoms with Crippen LogP contribution in [-0.2, 0) is 9.53 Å². The fraction of sp³-hybridized carbons (Fsp3) is 0.727. The average molecular weight is 195 g/mol. The van der Waals surface area contributed by atoms with Gasteiger partial charge >= 0.3 is 0 Å². The van der Waals surface area contributed by atoms with E-state index in [9.17, 15) is 4.79 Å². The fourth-order valence-electron chi connectivity index (χ4n) is 1.81. The molecule has 1 aliphatic carbocycles. The van der Waals surface area contributed by atoms with Crippen LogP contribution in [0.4, 0.5) is 0 Å². The molecule has 2 N–H and O–H groups in total. The van der Waals surface area contributed by atoms with Gasteiger partial charge in [-0.2, -0.15) is 0 Å². The zero-order valence-corrected chi connectivity index (χ0v) is 8.37. The Hall–Kier alpha value is -0.830. The van der Waals surface area contributed by atoms with Crippen molar-refractivity contribution in [2.75, 3.05) is 6.61 Å². The summed E-state index contributed by atoms with van der Waals surface area (Å²) in [6, 6.07) is 0.0744. The maximum Gasteiger partial charge on any atom is 0.163 e. The lowest BCUT2D eigenvalue weighted by molar-refractivity contribution is -0.116. The third-order valence-electron chi connectivity index (χ3n) is 2.94. The lowest BCUT2D eigenvalue weighted by Crippen LogP contribution is -2.27. The summed E-state index contributed by atoms with van der Waals surface area (Å²) >= 11 is 0. The number of nitrogens with two attached hydrogens (primary N) is 1. The molecule has 1 fully saturated rings. The summed E-state index contributed by atoms with van der Waals surface area (Å²) in [5.74, 6) is 0.785. The first-order chi connectivity index (χ1) is 6.77. The maximum absolute atomic E-state index is 11.7. The number of ketones is 1. The van der Waals surface area contributed by atoms with Gasteiger partial charge in [0.15, 0.2) is 5.78 Å². The van der Waals surface area contributed by atoms with Crippen LogP contribution in [0.2, 0.25) is 0 Å². The van der Waals surface area contributed by atoms with Crippen molar-refractivity contribution in [1.82, 2.24) is 0 Å². The molecule has 78 valence electrons. The molecule has 0 bridgehead atoms. The second kappa shape index (κ2) is 4.13. The highest BCUT2D eigenvalue weighted by Crippen LogP contribution is 2.33. The number of ether oxygens (including phenoxy) is 1. The zero-order chi connectivity index (χ0) is 9.97. The van der Waals surface area contributed by atoms with Gasteiger partial charge in [0, 0.05) is 18.0 Å². The summed E-state index contributed by atoms with van der Waals surface area (Å²) < 4.78 is 5.14. The van der Waals surface area contributed by atoms with Gasteiger partial charge in [-0.1, -0.05) is 0 Å². The maximum atomic E-state index is 11.7. The Morgan fingerprint density at radius 2 is 2.43 bits per heavy atom. The lowest BCUT2D eigenvalue weighted by Gasteiger charge is -2.14. The molecule has 0 amide bonds. The molecule has 1 aliphatic heterocycles. The van der Waals surface area contributed by atoms with Gasteiger partial charge in [0.05, 0.1) is 12.9 Å². The van der Waals surface area contributed by atoms with Crippen LogP contribution in [0.25, 0.3) is 0 Å². The van der Waals surface area contributed by atoms with E-state index in [1.165, 1.54) is 12.8 Å². The largest absolute Gasteiger partial charge is 0.501 e. The van der Waals surface area contributed by atoms with Crippen molar-refractivity contribution < 1.29 is 9.53 Å². The highest BCUT2D eigenvalue weighted by molar-refractivity contribution is 5.95. The van der Waals surface area contributed by atoms with Crippen LogP contribution in [0.3, 0.4) is 0 Å². The van der Waals surface area contributed by atoms with Crippen molar-refractivity contribution in [2.45, 2.75) is 38.1 Å². The van der Waals surface area contributed by atoms with Gasteiger partial charge in [-0.05, 0) is 31.6 Å². The molecule has 14 heavy (non-hydrogen) atoms. The molecule has 0 spiro atoms. The van der Waals surface area contributed by atoms with E-state index in [0.29, 0.717) is 12.3 Å². The highest BCUT2D eigenvalue weighted by Gasteiger charge is 2.30. The van der Waals surface area contributed by atoms with E-state index in [-0.39, 0.29) is 11.8 Å². The monoisotopic (exact) mass is 195 g/mol. The summed E-state index contributed by atoms with van der Waals surface area (Å²) in [6.07, 6.45) is 6.33. The molecule has 1 atom stereocenters. The lowest BCUT2D eigenvalue weighted by atomic mass is 9.98. The molecular formula is C11H17NO2. The number of allylic oxidation sites excluding steroid dienone is 1. The minimum atomic E-state index is 0.0744. The van der Waals surface area contributed by atoms with Gasteiger partial charge in [0.1, 0.15) is 0 Å². The number of hydrogen-bond donors (Lipinski definition) is 1. The number of carbonyl (C=O) groups is 1. The standard InChI is InChI=1S/C11H17NO2/c12-10(8-3-4-8)6-11(13)9-2-1-5-14-7-9/h7-8,10H,1-6,12H2. The topological polar surface area (TPSA) is 52.3 Å². The molecule has 3 heteroatoms. The van der Waals surface area contributed by atoms with Crippen molar-refractivity contribution in [3.05, 3.63) is 11.8 Å². The Bertz CT molecular complexity index is 256. The summed E-state index contributed by atoms with van der Waals surface area (Å²) in [4.78, 5) is 11.7. The molecule has 0 radical (unpaired) electrons. The summed E-state index contributed by atoms with van der Waals surface area (Å²) in [7, 11) is 0. The van der Waals surface area contributed by atoms with Crippen molar-refractivity contribution in [3.63, 3.8) is 0 Å². The van der Waals surface area contributed by atoms with E-state index in [0.717, 1.165) is 25.0 Å². The first-order valence-electron chi connectivity index (χ1n) is 5.37. The third kappa shape index (κ3) is 2.35.